The van der Waals surface area contributed by atoms with Crippen LogP contribution in [0.5, 0.6) is 0 Å². The first-order valence-corrected chi connectivity index (χ1v) is 5.13. The second-order valence-corrected chi connectivity index (χ2v) is 4.55. The molecule has 2 nitrogen and oxygen atoms in total. The minimum absolute atomic E-state index is 0.449. The SMILES string of the molecule is O=C1CN2[C@@H]3CCC[C@H]2CC1C3. The minimum atomic E-state index is 0.449. The second kappa shape index (κ2) is 2.32. The van der Waals surface area contributed by atoms with Gasteiger partial charge in [0.25, 0.3) is 0 Å². The summed E-state index contributed by atoms with van der Waals surface area (Å²) in [7, 11) is 0. The van der Waals surface area contributed by atoms with Crippen molar-refractivity contribution in [2.75, 3.05) is 6.54 Å². The van der Waals surface area contributed by atoms with Crippen LogP contribution in [-0.4, -0.2) is 29.3 Å². The van der Waals surface area contributed by atoms with Crippen molar-refractivity contribution in [1.82, 2.24) is 4.90 Å². The quantitative estimate of drug-likeness (QED) is 0.537. The number of hydrogen-bond donors (Lipinski definition) is 0. The highest BCUT2D eigenvalue weighted by molar-refractivity contribution is 5.84. The summed E-state index contributed by atoms with van der Waals surface area (Å²) in [5.74, 6) is 0.967. The Hall–Kier alpha value is -0.370. The molecule has 4 aliphatic rings. The van der Waals surface area contributed by atoms with Crippen molar-refractivity contribution in [3.05, 3.63) is 0 Å². The zero-order valence-electron chi connectivity index (χ0n) is 7.33. The Morgan fingerprint density at radius 1 is 1.17 bits per heavy atom. The van der Waals surface area contributed by atoms with Crippen LogP contribution in [0.3, 0.4) is 0 Å². The molecule has 0 aliphatic carbocycles. The monoisotopic (exact) mass is 165 g/mol. The van der Waals surface area contributed by atoms with E-state index in [0.717, 1.165) is 18.6 Å². The smallest absolute Gasteiger partial charge is 0.150 e. The summed E-state index contributed by atoms with van der Waals surface area (Å²) in [6.07, 6.45) is 6.44. The van der Waals surface area contributed by atoms with E-state index in [9.17, 15) is 4.79 Å². The lowest BCUT2D eigenvalue weighted by Gasteiger charge is -2.52. The van der Waals surface area contributed by atoms with Gasteiger partial charge in [-0.25, -0.2) is 0 Å². The average molecular weight is 165 g/mol. The van der Waals surface area contributed by atoms with E-state index < -0.39 is 0 Å². The lowest BCUT2D eigenvalue weighted by atomic mass is 9.72. The van der Waals surface area contributed by atoms with Gasteiger partial charge < -0.3 is 0 Å². The first-order valence-electron chi connectivity index (χ1n) is 5.13. The number of hydrogen-bond acceptors (Lipinski definition) is 2. The van der Waals surface area contributed by atoms with Gasteiger partial charge in [0.05, 0.1) is 6.54 Å². The predicted octanol–water partition coefficient (Wildman–Crippen LogP) is 1.20. The lowest BCUT2D eigenvalue weighted by molar-refractivity contribution is -0.140. The van der Waals surface area contributed by atoms with Crippen LogP contribution in [0.4, 0.5) is 0 Å². The van der Waals surface area contributed by atoms with Gasteiger partial charge in [0.1, 0.15) is 5.78 Å². The van der Waals surface area contributed by atoms with Crippen LogP contribution in [0.15, 0.2) is 0 Å². The molecule has 4 heterocycles. The van der Waals surface area contributed by atoms with E-state index in [1.807, 2.05) is 0 Å². The van der Waals surface area contributed by atoms with Crippen molar-refractivity contribution in [2.45, 2.75) is 44.2 Å². The van der Waals surface area contributed by atoms with Gasteiger partial charge in [-0.2, -0.15) is 0 Å². The van der Waals surface area contributed by atoms with Crippen LogP contribution in [0.25, 0.3) is 0 Å². The summed E-state index contributed by atoms with van der Waals surface area (Å²) in [6.45, 7) is 0.778. The van der Waals surface area contributed by atoms with E-state index in [4.69, 9.17) is 0 Å². The average Bonchev–Trinajstić information content (AvgIpc) is 2.03. The molecule has 0 radical (unpaired) electrons. The molecule has 0 aromatic carbocycles. The summed E-state index contributed by atoms with van der Waals surface area (Å²) in [4.78, 5) is 13.9. The van der Waals surface area contributed by atoms with E-state index in [-0.39, 0.29) is 0 Å². The van der Waals surface area contributed by atoms with Gasteiger partial charge in [-0.15, -0.1) is 0 Å². The Kier molecular flexibility index (Phi) is 1.37. The van der Waals surface area contributed by atoms with Gasteiger partial charge >= 0.3 is 0 Å². The van der Waals surface area contributed by atoms with Crippen LogP contribution >= 0.6 is 0 Å². The highest BCUT2D eigenvalue weighted by atomic mass is 16.1. The van der Waals surface area contributed by atoms with Gasteiger partial charge in [0.15, 0.2) is 0 Å². The van der Waals surface area contributed by atoms with Crippen molar-refractivity contribution in [3.8, 4) is 0 Å². The fourth-order valence-electron chi connectivity index (χ4n) is 3.31. The molecule has 0 N–H and O–H groups in total. The number of ketones is 1. The lowest BCUT2D eigenvalue weighted by Crippen LogP contribution is -2.60. The van der Waals surface area contributed by atoms with E-state index in [1.54, 1.807) is 0 Å². The Bertz CT molecular complexity index is 212. The molecule has 4 saturated heterocycles. The molecule has 66 valence electrons. The summed E-state index contributed by atoms with van der Waals surface area (Å²) >= 11 is 0. The highest BCUT2D eigenvalue weighted by Gasteiger charge is 2.45. The van der Waals surface area contributed by atoms with Crippen LogP contribution in [0, 0.1) is 5.92 Å². The van der Waals surface area contributed by atoms with Crippen LogP contribution < -0.4 is 0 Å². The maximum atomic E-state index is 11.4. The fraction of sp³-hybridized carbons (Fsp3) is 0.900. The second-order valence-electron chi connectivity index (χ2n) is 4.55. The Labute approximate surface area is 72.9 Å². The van der Waals surface area contributed by atoms with E-state index >= 15 is 0 Å². The highest BCUT2D eigenvalue weighted by Crippen LogP contribution is 2.40. The Balaban J connectivity index is 1.91. The zero-order valence-corrected chi connectivity index (χ0v) is 7.33. The van der Waals surface area contributed by atoms with Crippen LogP contribution in [-0.2, 0) is 4.79 Å². The molecule has 0 saturated carbocycles. The molecule has 0 amide bonds. The number of piperidine rings is 4. The standard InChI is InChI=1S/C10H15NO/c12-10-6-11-8-2-1-3-9(11)5-7(10)4-8/h7-9H,1-6H2/t7?,8-,9+. The molecule has 4 aliphatic heterocycles. The maximum absolute atomic E-state index is 11.4. The molecule has 2 unspecified atom stereocenters. The van der Waals surface area contributed by atoms with E-state index in [2.05, 4.69) is 4.90 Å². The number of fused-ring (bicyclic) bond motifs is 1. The fourth-order valence-corrected chi connectivity index (χ4v) is 3.31. The maximum Gasteiger partial charge on any atom is 0.150 e. The zero-order chi connectivity index (χ0) is 8.13. The van der Waals surface area contributed by atoms with E-state index in [0.29, 0.717) is 11.7 Å². The van der Waals surface area contributed by atoms with Crippen molar-refractivity contribution in [3.63, 3.8) is 0 Å². The van der Waals surface area contributed by atoms with Gasteiger partial charge in [0.2, 0.25) is 0 Å². The van der Waals surface area contributed by atoms with Crippen molar-refractivity contribution in [1.29, 1.82) is 0 Å². The Morgan fingerprint density at radius 3 is 2.42 bits per heavy atom. The van der Waals surface area contributed by atoms with Crippen molar-refractivity contribution >= 4 is 5.78 Å². The largest absolute Gasteiger partial charge is 0.298 e. The molecule has 0 aromatic heterocycles. The van der Waals surface area contributed by atoms with E-state index in [1.165, 1.54) is 32.1 Å². The van der Waals surface area contributed by atoms with Gasteiger partial charge in [-0.1, -0.05) is 6.42 Å². The number of nitrogens with zero attached hydrogens (tertiary/aromatic N) is 1. The summed E-state index contributed by atoms with van der Waals surface area (Å²) in [6, 6.07) is 1.56. The first kappa shape index (κ1) is 7.07. The molecule has 2 heteroatoms. The topological polar surface area (TPSA) is 20.3 Å². The summed E-state index contributed by atoms with van der Waals surface area (Å²) < 4.78 is 0. The van der Waals surface area contributed by atoms with Gasteiger partial charge in [-0.05, 0) is 25.7 Å². The molecule has 0 aromatic rings. The summed E-state index contributed by atoms with van der Waals surface area (Å²) in [5.41, 5.74) is 0. The predicted molar refractivity (Wildman–Crippen MR) is 45.9 cm³/mol. The number of Topliss-reactive ketones (excluding diaryl/α,β-unsaturated/α-hetero) is 1. The molecular formula is C10H15NO. The minimum Gasteiger partial charge on any atom is -0.298 e. The van der Waals surface area contributed by atoms with Crippen LogP contribution in [0.1, 0.15) is 32.1 Å². The third kappa shape index (κ3) is 0.817. The normalized spacial score (nSPS) is 51.2. The Morgan fingerprint density at radius 2 is 1.83 bits per heavy atom. The summed E-state index contributed by atoms with van der Waals surface area (Å²) in [5, 5.41) is 0. The molecule has 4 fully saturated rings. The third-order valence-electron chi connectivity index (χ3n) is 3.92. The molecule has 0 spiro atoms. The number of carbonyl (C=O) groups is 1. The molecule has 4 bridgehead atoms. The van der Waals surface area contributed by atoms with Crippen LogP contribution in [0.2, 0.25) is 0 Å². The molecule has 4 atom stereocenters. The molecular weight excluding hydrogens is 150 g/mol. The number of carbonyl (C=O) groups excluding carboxylic acids is 1. The molecule has 12 heavy (non-hydrogen) atoms. The van der Waals surface area contributed by atoms with Crippen molar-refractivity contribution in [2.24, 2.45) is 5.92 Å². The third-order valence-corrected chi connectivity index (χ3v) is 3.92. The van der Waals surface area contributed by atoms with Crippen molar-refractivity contribution < 1.29 is 4.79 Å². The number of rotatable bonds is 0. The first-order chi connectivity index (χ1) is 5.84. The van der Waals surface area contributed by atoms with Gasteiger partial charge in [-0.3, -0.25) is 9.69 Å². The van der Waals surface area contributed by atoms with Gasteiger partial charge in [0, 0.05) is 18.0 Å². The molecule has 4 rings (SSSR count).